The van der Waals surface area contributed by atoms with Crippen LogP contribution in [0, 0.1) is 11.6 Å². The zero-order valence-electron chi connectivity index (χ0n) is 14.0. The molecule has 1 heterocycles. The van der Waals surface area contributed by atoms with Crippen molar-refractivity contribution in [2.45, 2.75) is 17.3 Å². The van der Waals surface area contributed by atoms with Gasteiger partial charge < -0.3 is 4.74 Å². The fourth-order valence-corrected chi connectivity index (χ4v) is 3.22. The zero-order valence-corrected chi connectivity index (χ0v) is 14.8. The molecule has 0 fully saturated rings. The van der Waals surface area contributed by atoms with Gasteiger partial charge in [-0.1, -0.05) is 11.8 Å². The van der Waals surface area contributed by atoms with Crippen molar-refractivity contribution in [3.05, 3.63) is 60.2 Å². The Kier molecular flexibility index (Phi) is 5.32. The highest BCUT2D eigenvalue weighted by Crippen LogP contribution is 2.30. The maximum absolute atomic E-state index is 13.3. The normalized spacial score (nSPS) is 12.0. The fraction of sp³-hybridized carbons (Fsp3) is 0.167. The second-order valence-electron chi connectivity index (χ2n) is 5.41. The van der Waals surface area contributed by atoms with Crippen molar-refractivity contribution in [3.63, 3.8) is 0 Å². The van der Waals surface area contributed by atoms with Crippen molar-refractivity contribution in [2.75, 3.05) is 7.11 Å². The molecule has 5 nitrogen and oxygen atoms in total. The van der Waals surface area contributed by atoms with Crippen molar-refractivity contribution < 1.29 is 18.3 Å². The molecule has 0 aliphatic rings. The second kappa shape index (κ2) is 7.65. The smallest absolute Gasteiger partial charge is 0.318 e. The summed E-state index contributed by atoms with van der Waals surface area (Å²) in [5.74, 6) is -0.680. The molecule has 1 aromatic heterocycles. The number of carbonyl (C=O) groups excluding carboxylic acids is 1. The summed E-state index contributed by atoms with van der Waals surface area (Å²) < 4.78 is 33.0. The Labute approximate surface area is 153 Å². The molecule has 0 aliphatic heterocycles. The first kappa shape index (κ1) is 18.1. The van der Waals surface area contributed by atoms with Crippen LogP contribution in [0.4, 0.5) is 8.78 Å². The van der Waals surface area contributed by atoms with Crippen molar-refractivity contribution in [2.24, 2.45) is 0 Å². The molecule has 0 unspecified atom stereocenters. The molecule has 3 aromatic rings. The molecule has 1 atom stereocenters. The highest BCUT2D eigenvalue weighted by molar-refractivity contribution is 8.00. The quantitative estimate of drug-likeness (QED) is 0.501. The largest absolute Gasteiger partial charge is 0.468 e. The average Bonchev–Trinajstić information content (AvgIpc) is 3.05. The van der Waals surface area contributed by atoms with Crippen molar-refractivity contribution in [1.29, 1.82) is 0 Å². The summed E-state index contributed by atoms with van der Waals surface area (Å²) in [5.41, 5.74) is 1.26. The van der Waals surface area contributed by atoms with Gasteiger partial charge in [0, 0.05) is 11.3 Å². The summed E-state index contributed by atoms with van der Waals surface area (Å²) >= 11 is 1.17. The lowest BCUT2D eigenvalue weighted by atomic mass is 10.2. The summed E-state index contributed by atoms with van der Waals surface area (Å²) in [5, 5.41) is 8.26. The topological polar surface area (TPSA) is 57.0 Å². The van der Waals surface area contributed by atoms with Gasteiger partial charge in [-0.05, 0) is 55.5 Å². The van der Waals surface area contributed by atoms with E-state index in [4.69, 9.17) is 4.74 Å². The minimum absolute atomic E-state index is 0.365. The van der Waals surface area contributed by atoms with Gasteiger partial charge in [0.05, 0.1) is 7.11 Å². The Morgan fingerprint density at radius 1 is 1.04 bits per heavy atom. The number of methoxy groups -OCH3 is 1. The number of nitrogens with zero attached hydrogens (tertiary/aromatic N) is 3. The lowest BCUT2D eigenvalue weighted by molar-refractivity contribution is -0.139. The lowest BCUT2D eigenvalue weighted by Crippen LogP contribution is -2.15. The monoisotopic (exact) mass is 375 g/mol. The molecule has 2 aromatic carbocycles. The lowest BCUT2D eigenvalue weighted by Gasteiger charge is -2.12. The van der Waals surface area contributed by atoms with Gasteiger partial charge >= 0.3 is 5.97 Å². The van der Waals surface area contributed by atoms with E-state index in [0.717, 1.165) is 0 Å². The Balaban J connectivity index is 2.09. The first-order chi connectivity index (χ1) is 12.5. The minimum atomic E-state index is -0.510. The second-order valence-corrected chi connectivity index (χ2v) is 6.72. The standard InChI is InChI=1S/C18H15F2N3O2S/c1-11(17(24)25-2)26-18-22-21-16(12-3-5-13(19)6-4-12)23(18)15-9-7-14(20)8-10-15/h3-11H,1-2H3/t11-/m1/s1. The van der Waals surface area contributed by atoms with Crippen molar-refractivity contribution in [3.8, 4) is 17.1 Å². The summed E-state index contributed by atoms with van der Waals surface area (Å²) in [7, 11) is 1.31. The van der Waals surface area contributed by atoms with E-state index in [-0.39, 0.29) is 11.6 Å². The molecule has 0 saturated heterocycles. The molecule has 26 heavy (non-hydrogen) atoms. The maximum Gasteiger partial charge on any atom is 0.318 e. The Hall–Kier alpha value is -2.74. The van der Waals surface area contributed by atoms with Gasteiger partial charge in [-0.2, -0.15) is 0 Å². The van der Waals surface area contributed by atoms with Gasteiger partial charge in [-0.25, -0.2) is 8.78 Å². The number of hydrogen-bond acceptors (Lipinski definition) is 5. The third-order valence-corrected chi connectivity index (χ3v) is 4.66. The van der Waals surface area contributed by atoms with E-state index in [0.29, 0.717) is 22.2 Å². The number of benzene rings is 2. The van der Waals surface area contributed by atoms with Crippen LogP contribution in [0.25, 0.3) is 17.1 Å². The first-order valence-electron chi connectivity index (χ1n) is 7.71. The Bertz CT molecular complexity index is 911. The third kappa shape index (κ3) is 3.75. The number of aromatic nitrogens is 3. The number of esters is 1. The van der Waals surface area contributed by atoms with E-state index >= 15 is 0 Å². The number of carbonyl (C=O) groups is 1. The SMILES string of the molecule is COC(=O)[C@@H](C)Sc1nnc(-c2ccc(F)cc2)n1-c1ccc(F)cc1. The first-order valence-corrected chi connectivity index (χ1v) is 8.59. The van der Waals surface area contributed by atoms with Crippen molar-refractivity contribution in [1.82, 2.24) is 14.8 Å². The molecule has 8 heteroatoms. The molecule has 0 aliphatic carbocycles. The van der Waals surface area contributed by atoms with E-state index < -0.39 is 11.2 Å². The molecule has 0 N–H and O–H groups in total. The van der Waals surface area contributed by atoms with Crippen molar-refractivity contribution >= 4 is 17.7 Å². The fourth-order valence-electron chi connectivity index (χ4n) is 2.33. The highest BCUT2D eigenvalue weighted by atomic mass is 32.2. The molecule has 0 radical (unpaired) electrons. The van der Waals surface area contributed by atoms with Gasteiger partial charge in [-0.15, -0.1) is 10.2 Å². The Morgan fingerprint density at radius 2 is 1.62 bits per heavy atom. The van der Waals surface area contributed by atoms with Crippen LogP contribution in [0.1, 0.15) is 6.92 Å². The van der Waals surface area contributed by atoms with Crippen LogP contribution in [0.3, 0.4) is 0 Å². The summed E-state index contributed by atoms with van der Waals surface area (Å²) in [6, 6.07) is 11.6. The predicted molar refractivity (Wildman–Crippen MR) is 94.0 cm³/mol. The average molecular weight is 375 g/mol. The number of rotatable bonds is 5. The Morgan fingerprint density at radius 3 is 2.19 bits per heavy atom. The van der Waals surface area contributed by atoms with Crippen LogP contribution < -0.4 is 0 Å². The van der Waals surface area contributed by atoms with Gasteiger partial charge in [0.15, 0.2) is 11.0 Å². The molecule has 0 amide bonds. The van der Waals surface area contributed by atoms with Crippen LogP contribution >= 0.6 is 11.8 Å². The molecule has 3 rings (SSSR count). The van der Waals surface area contributed by atoms with Gasteiger partial charge in [0.1, 0.15) is 16.9 Å². The highest BCUT2D eigenvalue weighted by Gasteiger charge is 2.22. The number of ether oxygens (including phenoxy) is 1. The summed E-state index contributed by atoms with van der Waals surface area (Å²) in [4.78, 5) is 11.7. The van der Waals surface area contributed by atoms with Gasteiger partial charge in [-0.3, -0.25) is 9.36 Å². The predicted octanol–water partition coefficient (Wildman–Crippen LogP) is 3.87. The molecule has 134 valence electrons. The van der Waals surface area contributed by atoms with Crippen LogP contribution in [0.5, 0.6) is 0 Å². The van der Waals surface area contributed by atoms with Crippen LogP contribution in [-0.4, -0.2) is 33.1 Å². The van der Waals surface area contributed by atoms with Crippen LogP contribution in [-0.2, 0) is 9.53 Å². The summed E-state index contributed by atoms with van der Waals surface area (Å²) in [6.07, 6.45) is 0. The molecule has 0 saturated carbocycles. The number of halogens is 2. The summed E-state index contributed by atoms with van der Waals surface area (Å²) in [6.45, 7) is 1.69. The number of hydrogen-bond donors (Lipinski definition) is 0. The van der Waals surface area contributed by atoms with E-state index in [9.17, 15) is 13.6 Å². The van der Waals surface area contributed by atoms with E-state index in [1.54, 1.807) is 35.8 Å². The van der Waals surface area contributed by atoms with Crippen LogP contribution in [0.15, 0.2) is 53.7 Å². The molecule has 0 bridgehead atoms. The minimum Gasteiger partial charge on any atom is -0.468 e. The molecular formula is C18H15F2N3O2S. The third-order valence-electron chi connectivity index (χ3n) is 3.64. The molecular weight excluding hydrogens is 360 g/mol. The number of thioether (sulfide) groups is 1. The van der Waals surface area contributed by atoms with E-state index in [2.05, 4.69) is 10.2 Å². The van der Waals surface area contributed by atoms with E-state index in [1.165, 1.54) is 43.1 Å². The van der Waals surface area contributed by atoms with Gasteiger partial charge in [0.25, 0.3) is 0 Å². The molecule has 0 spiro atoms. The van der Waals surface area contributed by atoms with E-state index in [1.807, 2.05) is 0 Å². The maximum atomic E-state index is 13.3. The zero-order chi connectivity index (χ0) is 18.7. The van der Waals surface area contributed by atoms with Crippen LogP contribution in [0.2, 0.25) is 0 Å². The van der Waals surface area contributed by atoms with Gasteiger partial charge in [0.2, 0.25) is 0 Å².